The third kappa shape index (κ3) is 2.85. The van der Waals surface area contributed by atoms with Gasteiger partial charge in [-0.25, -0.2) is 0 Å². The van der Waals surface area contributed by atoms with E-state index in [0.717, 1.165) is 18.0 Å². The highest BCUT2D eigenvalue weighted by Gasteiger charge is 2.44. The summed E-state index contributed by atoms with van der Waals surface area (Å²) < 4.78 is 5.40. The summed E-state index contributed by atoms with van der Waals surface area (Å²) in [5.74, 6) is 1.43. The third-order valence-electron chi connectivity index (χ3n) is 4.15. The first-order valence-electron chi connectivity index (χ1n) is 6.81. The van der Waals surface area contributed by atoms with Crippen LogP contribution in [-0.2, 0) is 0 Å². The maximum Gasteiger partial charge on any atom is 0.142 e. The van der Waals surface area contributed by atoms with Crippen molar-refractivity contribution in [3.8, 4) is 5.75 Å². The average Bonchev–Trinajstić information content (AvgIpc) is 3.29. The smallest absolute Gasteiger partial charge is 0.142 e. The first-order valence-corrected chi connectivity index (χ1v) is 6.81. The maximum absolute atomic E-state index is 9.79. The van der Waals surface area contributed by atoms with Crippen LogP contribution in [0.5, 0.6) is 5.75 Å². The number of methoxy groups -OCH3 is 1. The second-order valence-corrected chi connectivity index (χ2v) is 5.37. The van der Waals surface area contributed by atoms with Gasteiger partial charge in [0.15, 0.2) is 0 Å². The molecule has 106 valence electrons. The molecule has 1 unspecified atom stereocenters. The highest BCUT2D eigenvalue weighted by atomic mass is 16.5. The Bertz CT molecular complexity index is 414. The van der Waals surface area contributed by atoms with E-state index in [2.05, 4.69) is 10.2 Å². The number of rotatable bonds is 7. The van der Waals surface area contributed by atoms with Crippen molar-refractivity contribution in [3.63, 3.8) is 0 Å². The molecule has 0 heterocycles. The molecule has 0 bridgehead atoms. The van der Waals surface area contributed by atoms with Crippen molar-refractivity contribution in [1.29, 1.82) is 0 Å². The van der Waals surface area contributed by atoms with Crippen LogP contribution < -0.4 is 15.0 Å². The Balaban J connectivity index is 2.17. The van der Waals surface area contributed by atoms with Gasteiger partial charge < -0.3 is 20.1 Å². The van der Waals surface area contributed by atoms with E-state index in [9.17, 15) is 5.11 Å². The van der Waals surface area contributed by atoms with Gasteiger partial charge in [-0.2, -0.15) is 0 Å². The first-order chi connectivity index (χ1) is 9.16. The Hall–Kier alpha value is -1.26. The summed E-state index contributed by atoms with van der Waals surface area (Å²) in [6.07, 6.45) is 2.39. The topological polar surface area (TPSA) is 44.7 Å². The van der Waals surface area contributed by atoms with Crippen LogP contribution >= 0.6 is 0 Å². The van der Waals surface area contributed by atoms with Crippen molar-refractivity contribution >= 4 is 5.69 Å². The standard InChI is InChI=1S/C15H24N2O2/c1-16-15(11-18,12-8-9-12)10-17(2)13-6-4-5-7-14(13)19-3/h4-7,12,16,18H,8-11H2,1-3H3. The number of ether oxygens (including phenoxy) is 1. The maximum atomic E-state index is 9.79. The van der Waals surface area contributed by atoms with Crippen molar-refractivity contribution in [2.75, 3.05) is 39.3 Å². The van der Waals surface area contributed by atoms with Gasteiger partial charge in [-0.15, -0.1) is 0 Å². The number of hydrogen-bond donors (Lipinski definition) is 2. The molecule has 2 rings (SSSR count). The van der Waals surface area contributed by atoms with Gasteiger partial charge in [0.25, 0.3) is 0 Å². The molecule has 0 aliphatic heterocycles. The molecule has 19 heavy (non-hydrogen) atoms. The minimum Gasteiger partial charge on any atom is -0.495 e. The molecule has 0 radical (unpaired) electrons. The van der Waals surface area contributed by atoms with Crippen molar-refractivity contribution < 1.29 is 9.84 Å². The Morgan fingerprint density at radius 2 is 2.11 bits per heavy atom. The Morgan fingerprint density at radius 3 is 2.63 bits per heavy atom. The van der Waals surface area contributed by atoms with E-state index in [4.69, 9.17) is 4.74 Å². The number of anilines is 1. The summed E-state index contributed by atoms with van der Waals surface area (Å²) in [4.78, 5) is 2.16. The van der Waals surface area contributed by atoms with Gasteiger partial charge in [0.1, 0.15) is 5.75 Å². The lowest BCUT2D eigenvalue weighted by molar-refractivity contribution is 0.152. The van der Waals surface area contributed by atoms with E-state index in [1.165, 1.54) is 12.8 Å². The summed E-state index contributed by atoms with van der Waals surface area (Å²) in [5.41, 5.74) is 0.842. The second-order valence-electron chi connectivity index (χ2n) is 5.37. The molecule has 0 saturated heterocycles. The largest absolute Gasteiger partial charge is 0.495 e. The van der Waals surface area contributed by atoms with E-state index in [1.807, 2.05) is 38.4 Å². The highest BCUT2D eigenvalue weighted by Crippen LogP contribution is 2.40. The average molecular weight is 264 g/mol. The van der Waals surface area contributed by atoms with Crippen LogP contribution in [0.15, 0.2) is 24.3 Å². The van der Waals surface area contributed by atoms with Crippen LogP contribution in [0.2, 0.25) is 0 Å². The number of para-hydroxylation sites is 2. The quantitative estimate of drug-likeness (QED) is 0.783. The number of aliphatic hydroxyl groups excluding tert-OH is 1. The summed E-state index contributed by atoms with van der Waals surface area (Å²) in [6, 6.07) is 7.98. The number of benzene rings is 1. The molecule has 1 aliphatic carbocycles. The minimum absolute atomic E-state index is 0.160. The summed E-state index contributed by atoms with van der Waals surface area (Å²) >= 11 is 0. The first kappa shape index (κ1) is 14.2. The fourth-order valence-corrected chi connectivity index (χ4v) is 2.76. The molecule has 1 aliphatic rings. The molecular formula is C15H24N2O2. The van der Waals surface area contributed by atoms with E-state index in [0.29, 0.717) is 5.92 Å². The normalized spacial score (nSPS) is 17.9. The van der Waals surface area contributed by atoms with Crippen molar-refractivity contribution in [2.24, 2.45) is 5.92 Å². The van der Waals surface area contributed by atoms with E-state index < -0.39 is 0 Å². The lowest BCUT2D eigenvalue weighted by Gasteiger charge is -2.37. The molecule has 0 amide bonds. The van der Waals surface area contributed by atoms with E-state index in [-0.39, 0.29) is 12.1 Å². The van der Waals surface area contributed by atoms with E-state index >= 15 is 0 Å². The van der Waals surface area contributed by atoms with Crippen LogP contribution in [-0.4, -0.2) is 45.0 Å². The third-order valence-corrected chi connectivity index (χ3v) is 4.15. The van der Waals surface area contributed by atoms with Crippen LogP contribution in [0, 0.1) is 5.92 Å². The fourth-order valence-electron chi connectivity index (χ4n) is 2.76. The second kappa shape index (κ2) is 5.80. The zero-order chi connectivity index (χ0) is 13.9. The van der Waals surface area contributed by atoms with Gasteiger partial charge in [0, 0.05) is 13.6 Å². The van der Waals surface area contributed by atoms with Gasteiger partial charge in [-0.1, -0.05) is 12.1 Å². The highest BCUT2D eigenvalue weighted by molar-refractivity contribution is 5.58. The Morgan fingerprint density at radius 1 is 1.42 bits per heavy atom. The van der Waals surface area contributed by atoms with Crippen LogP contribution in [0.3, 0.4) is 0 Å². The zero-order valence-electron chi connectivity index (χ0n) is 12.0. The molecule has 2 N–H and O–H groups in total. The van der Waals surface area contributed by atoms with Gasteiger partial charge >= 0.3 is 0 Å². The van der Waals surface area contributed by atoms with Gasteiger partial charge in [-0.3, -0.25) is 0 Å². The predicted octanol–water partition coefficient (Wildman–Crippen LogP) is 1.49. The number of likely N-dealkylation sites (N-methyl/N-ethyl adjacent to an activating group) is 2. The summed E-state index contributed by atoms with van der Waals surface area (Å²) in [5, 5.41) is 13.1. The molecular weight excluding hydrogens is 240 g/mol. The minimum atomic E-state index is -0.213. The SMILES string of the molecule is CNC(CO)(CN(C)c1ccccc1OC)C1CC1. The molecule has 1 saturated carbocycles. The van der Waals surface area contributed by atoms with Crippen LogP contribution in [0.25, 0.3) is 0 Å². The van der Waals surface area contributed by atoms with E-state index in [1.54, 1.807) is 7.11 Å². The Labute approximate surface area is 115 Å². The lowest BCUT2D eigenvalue weighted by Crippen LogP contribution is -2.56. The van der Waals surface area contributed by atoms with Crippen LogP contribution in [0.4, 0.5) is 5.69 Å². The number of aliphatic hydroxyl groups is 1. The molecule has 1 aromatic carbocycles. The Kier molecular flexibility index (Phi) is 4.32. The van der Waals surface area contributed by atoms with Gasteiger partial charge in [0.05, 0.1) is 24.9 Å². The molecule has 0 spiro atoms. The van der Waals surface area contributed by atoms with Crippen molar-refractivity contribution in [3.05, 3.63) is 24.3 Å². The monoisotopic (exact) mass is 264 g/mol. The fraction of sp³-hybridized carbons (Fsp3) is 0.600. The lowest BCUT2D eigenvalue weighted by atomic mass is 9.93. The molecule has 1 atom stereocenters. The molecule has 1 fully saturated rings. The van der Waals surface area contributed by atoms with Gasteiger partial charge in [-0.05, 0) is 37.9 Å². The van der Waals surface area contributed by atoms with Crippen LogP contribution in [0.1, 0.15) is 12.8 Å². The summed E-state index contributed by atoms with van der Waals surface area (Å²) in [6.45, 7) is 0.929. The molecule has 4 heteroatoms. The summed E-state index contributed by atoms with van der Waals surface area (Å²) in [7, 11) is 5.66. The number of nitrogens with one attached hydrogen (secondary N) is 1. The number of nitrogens with zero attached hydrogens (tertiary/aromatic N) is 1. The predicted molar refractivity (Wildman–Crippen MR) is 77.9 cm³/mol. The van der Waals surface area contributed by atoms with Crippen molar-refractivity contribution in [1.82, 2.24) is 5.32 Å². The van der Waals surface area contributed by atoms with Crippen molar-refractivity contribution in [2.45, 2.75) is 18.4 Å². The van der Waals surface area contributed by atoms with Gasteiger partial charge in [0.2, 0.25) is 0 Å². The molecule has 4 nitrogen and oxygen atoms in total. The zero-order valence-corrected chi connectivity index (χ0v) is 12.0. The number of hydrogen-bond acceptors (Lipinski definition) is 4. The molecule has 1 aromatic rings. The molecule has 0 aromatic heterocycles.